The second-order valence-corrected chi connectivity index (χ2v) is 6.93. The van der Waals surface area contributed by atoms with E-state index < -0.39 is 37.0 Å². The lowest BCUT2D eigenvalue weighted by Crippen LogP contribution is -2.62. The fourth-order valence-corrected chi connectivity index (χ4v) is 3.32. The summed E-state index contributed by atoms with van der Waals surface area (Å²) in [5.41, 5.74) is 1.71. The lowest BCUT2D eigenvalue weighted by molar-refractivity contribution is -0.359. The lowest BCUT2D eigenvalue weighted by atomic mass is 9.98. The Morgan fingerprint density at radius 1 is 0.900 bits per heavy atom. The van der Waals surface area contributed by atoms with Crippen LogP contribution in [0.1, 0.15) is 17.4 Å². The highest BCUT2D eigenvalue weighted by atomic mass is 16.8. The normalized spacial score (nSPS) is 30.2. The second kappa shape index (κ2) is 9.88. The quantitative estimate of drug-likeness (QED) is 0.755. The van der Waals surface area contributed by atoms with Crippen LogP contribution in [0, 0.1) is 23.7 Å². The van der Waals surface area contributed by atoms with Crippen LogP contribution in [-0.2, 0) is 18.9 Å². The molecule has 4 rings (SSSR count). The van der Waals surface area contributed by atoms with E-state index in [1.807, 2.05) is 60.7 Å². The van der Waals surface area contributed by atoms with Gasteiger partial charge in [0.15, 0.2) is 12.6 Å². The van der Waals surface area contributed by atoms with Gasteiger partial charge in [-0.05, 0) is 24.0 Å². The number of fused-ring (bicyclic) bond motifs is 1. The molecule has 0 radical (unpaired) electrons. The molecule has 2 heterocycles. The number of hydrogen-bond acceptors (Lipinski definition) is 6. The topological polar surface area (TPSA) is 77.4 Å². The van der Waals surface area contributed by atoms with E-state index in [9.17, 15) is 10.2 Å². The van der Waals surface area contributed by atoms with Crippen LogP contribution in [-0.4, -0.2) is 54.1 Å². The van der Waals surface area contributed by atoms with Gasteiger partial charge in [-0.1, -0.05) is 60.4 Å². The van der Waals surface area contributed by atoms with Crippen LogP contribution in [0.3, 0.4) is 0 Å². The van der Waals surface area contributed by atoms with Crippen LogP contribution in [0.25, 0.3) is 0 Å². The third-order valence-electron chi connectivity index (χ3n) is 4.86. The first kappa shape index (κ1) is 20.6. The number of ether oxygens (including phenoxy) is 4. The summed E-state index contributed by atoms with van der Waals surface area (Å²) in [5, 5.41) is 20.9. The predicted octanol–water partition coefficient (Wildman–Crippen LogP) is 1.62. The molecular formula is C24H22O6. The Kier molecular flexibility index (Phi) is 6.78. The van der Waals surface area contributed by atoms with E-state index in [1.165, 1.54) is 0 Å². The Balaban J connectivity index is 1.31. The maximum Gasteiger partial charge on any atom is 0.187 e. The molecule has 6 heteroatoms. The van der Waals surface area contributed by atoms with Gasteiger partial charge < -0.3 is 29.2 Å². The van der Waals surface area contributed by atoms with E-state index in [2.05, 4.69) is 23.7 Å². The van der Waals surface area contributed by atoms with Crippen LogP contribution < -0.4 is 0 Å². The zero-order chi connectivity index (χ0) is 20.8. The first-order valence-electron chi connectivity index (χ1n) is 9.71. The maximum atomic E-state index is 10.5. The highest BCUT2D eigenvalue weighted by molar-refractivity contribution is 5.39. The van der Waals surface area contributed by atoms with Crippen molar-refractivity contribution >= 4 is 0 Å². The molecule has 0 aromatic heterocycles. The van der Waals surface area contributed by atoms with Gasteiger partial charge in [0.25, 0.3) is 0 Å². The average Bonchev–Trinajstić information content (AvgIpc) is 2.80. The summed E-state index contributed by atoms with van der Waals surface area (Å²) >= 11 is 0. The molecule has 2 aliphatic rings. The van der Waals surface area contributed by atoms with Crippen molar-refractivity contribution in [2.75, 3.05) is 13.2 Å². The van der Waals surface area contributed by atoms with Gasteiger partial charge in [0.05, 0.1) is 6.61 Å². The average molecular weight is 406 g/mol. The van der Waals surface area contributed by atoms with Crippen LogP contribution in [0.4, 0.5) is 0 Å². The zero-order valence-corrected chi connectivity index (χ0v) is 16.2. The van der Waals surface area contributed by atoms with Gasteiger partial charge in [-0.3, -0.25) is 0 Å². The standard InChI is InChI=1S/C24H22O6/c25-20-21(26)24(27-15-9-3-6-12-17-10-4-1-5-11-17)29-19-16-28-23(30-22(19)20)18-13-7-2-8-14-18/h1-2,4-5,7-8,10-11,13-14,19-26H,15-16H2/t19-,20-,21-,22+,23?,24-/m1/s1. The minimum Gasteiger partial charge on any atom is -0.387 e. The SMILES string of the molecule is O[C@@H]1[C@@H](O)[C@H](OCC#CC#Cc2ccccc2)O[C@@H]2COC(c3ccccc3)O[C@H]12. The summed E-state index contributed by atoms with van der Waals surface area (Å²) in [5.74, 6) is 11.1. The smallest absolute Gasteiger partial charge is 0.187 e. The molecule has 30 heavy (non-hydrogen) atoms. The Labute approximate surface area is 175 Å². The molecule has 2 aliphatic heterocycles. The zero-order valence-electron chi connectivity index (χ0n) is 16.2. The molecule has 2 fully saturated rings. The fourth-order valence-electron chi connectivity index (χ4n) is 3.32. The highest BCUT2D eigenvalue weighted by Gasteiger charge is 2.49. The Bertz CT molecular complexity index is 938. The van der Waals surface area contributed by atoms with Crippen molar-refractivity contribution in [1.82, 2.24) is 0 Å². The van der Waals surface area contributed by atoms with Crippen molar-refractivity contribution in [1.29, 1.82) is 0 Å². The Hall–Kier alpha value is -2.68. The fraction of sp³-hybridized carbons (Fsp3) is 0.333. The maximum absolute atomic E-state index is 10.5. The third-order valence-corrected chi connectivity index (χ3v) is 4.86. The largest absolute Gasteiger partial charge is 0.387 e. The number of hydrogen-bond donors (Lipinski definition) is 2. The van der Waals surface area contributed by atoms with Crippen LogP contribution in [0.15, 0.2) is 60.7 Å². The van der Waals surface area contributed by atoms with Gasteiger partial charge in [-0.2, -0.15) is 0 Å². The molecule has 2 saturated heterocycles. The third kappa shape index (κ3) is 4.89. The van der Waals surface area contributed by atoms with E-state index in [0.717, 1.165) is 11.1 Å². The summed E-state index contributed by atoms with van der Waals surface area (Å²) in [6, 6.07) is 18.9. The lowest BCUT2D eigenvalue weighted by Gasteiger charge is -2.46. The van der Waals surface area contributed by atoms with Gasteiger partial charge >= 0.3 is 0 Å². The van der Waals surface area contributed by atoms with Crippen molar-refractivity contribution in [2.24, 2.45) is 0 Å². The Morgan fingerprint density at radius 2 is 1.63 bits per heavy atom. The number of rotatable bonds is 3. The molecule has 0 aliphatic carbocycles. The van der Waals surface area contributed by atoms with E-state index in [4.69, 9.17) is 18.9 Å². The van der Waals surface area contributed by atoms with E-state index in [1.54, 1.807) is 0 Å². The van der Waals surface area contributed by atoms with Gasteiger partial charge in [0.2, 0.25) is 0 Å². The second-order valence-electron chi connectivity index (χ2n) is 6.93. The van der Waals surface area contributed by atoms with Crippen molar-refractivity contribution in [3.05, 3.63) is 71.8 Å². The molecule has 0 bridgehead atoms. The summed E-state index contributed by atoms with van der Waals surface area (Å²) in [7, 11) is 0. The molecule has 2 aromatic carbocycles. The van der Waals surface area contributed by atoms with E-state index >= 15 is 0 Å². The van der Waals surface area contributed by atoms with Crippen molar-refractivity contribution < 1.29 is 29.2 Å². The van der Waals surface area contributed by atoms with Crippen molar-refractivity contribution in [2.45, 2.75) is 37.0 Å². The molecule has 2 N–H and O–H groups in total. The van der Waals surface area contributed by atoms with Crippen LogP contribution in [0.2, 0.25) is 0 Å². The molecule has 1 unspecified atom stereocenters. The van der Waals surface area contributed by atoms with Gasteiger partial charge in [0, 0.05) is 11.1 Å². The van der Waals surface area contributed by atoms with E-state index in [-0.39, 0.29) is 13.2 Å². The summed E-state index contributed by atoms with van der Waals surface area (Å²) < 4.78 is 22.8. The molecule has 6 atom stereocenters. The monoisotopic (exact) mass is 406 g/mol. The molecule has 154 valence electrons. The van der Waals surface area contributed by atoms with Gasteiger partial charge in [-0.25, -0.2) is 0 Å². The minimum absolute atomic E-state index is 0.00363. The summed E-state index contributed by atoms with van der Waals surface area (Å²) in [6.45, 7) is 0.214. The van der Waals surface area contributed by atoms with Gasteiger partial charge in [-0.15, -0.1) is 0 Å². The van der Waals surface area contributed by atoms with Crippen LogP contribution in [0.5, 0.6) is 0 Å². The number of benzene rings is 2. The highest BCUT2D eigenvalue weighted by Crippen LogP contribution is 2.34. The first-order valence-corrected chi connectivity index (χ1v) is 9.71. The van der Waals surface area contributed by atoms with Crippen molar-refractivity contribution in [3.63, 3.8) is 0 Å². The predicted molar refractivity (Wildman–Crippen MR) is 108 cm³/mol. The van der Waals surface area contributed by atoms with Crippen molar-refractivity contribution in [3.8, 4) is 23.7 Å². The van der Waals surface area contributed by atoms with E-state index in [0.29, 0.717) is 0 Å². The first-order chi connectivity index (χ1) is 14.7. The molecule has 0 saturated carbocycles. The Morgan fingerprint density at radius 3 is 2.40 bits per heavy atom. The molecule has 6 nitrogen and oxygen atoms in total. The molecular weight excluding hydrogens is 384 g/mol. The summed E-state index contributed by atoms with van der Waals surface area (Å²) in [6.07, 6.45) is -5.36. The molecule has 2 aromatic rings. The summed E-state index contributed by atoms with van der Waals surface area (Å²) in [4.78, 5) is 0. The number of aliphatic hydroxyl groups excluding tert-OH is 2. The minimum atomic E-state index is -1.27. The molecule has 0 spiro atoms. The van der Waals surface area contributed by atoms with Gasteiger partial charge in [0.1, 0.15) is 31.0 Å². The number of aliphatic hydroxyl groups is 2. The molecule has 0 amide bonds. The van der Waals surface area contributed by atoms with Crippen LogP contribution >= 0.6 is 0 Å².